The minimum absolute atomic E-state index is 0.0417. The Labute approximate surface area is 134 Å². The van der Waals surface area contributed by atoms with Crippen molar-refractivity contribution in [3.63, 3.8) is 0 Å². The Bertz CT molecular complexity index is 665. The molecule has 0 aliphatic rings. The van der Waals surface area contributed by atoms with Crippen LogP contribution >= 0.6 is 11.6 Å². The molecule has 118 valence electrons. The molecule has 0 aliphatic heterocycles. The molecule has 0 spiro atoms. The van der Waals surface area contributed by atoms with Gasteiger partial charge in [-0.15, -0.1) is 0 Å². The molecule has 0 fully saturated rings. The standard InChI is InChI=1S/C16H20ClN3O2/c1-10(9-21)8-18-16(22)13-4-6-14(7-5-13)20-12(3)15(17)11(2)19-20/h4-7,10,21H,8-9H2,1-3H3,(H,18,22). The van der Waals surface area contributed by atoms with Crippen LogP contribution in [0.15, 0.2) is 24.3 Å². The number of halogens is 1. The van der Waals surface area contributed by atoms with Gasteiger partial charge in [-0.1, -0.05) is 18.5 Å². The van der Waals surface area contributed by atoms with Crippen LogP contribution in [0.5, 0.6) is 0 Å². The summed E-state index contributed by atoms with van der Waals surface area (Å²) in [6, 6.07) is 7.16. The molecular weight excluding hydrogens is 302 g/mol. The summed E-state index contributed by atoms with van der Waals surface area (Å²) in [5.74, 6) is -0.113. The van der Waals surface area contributed by atoms with Gasteiger partial charge in [0, 0.05) is 18.7 Å². The molecule has 0 radical (unpaired) electrons. The fraction of sp³-hybridized carbons (Fsp3) is 0.375. The number of nitrogens with one attached hydrogen (secondary N) is 1. The van der Waals surface area contributed by atoms with Crippen molar-refractivity contribution < 1.29 is 9.90 Å². The molecule has 0 aliphatic carbocycles. The van der Waals surface area contributed by atoms with Gasteiger partial charge in [-0.2, -0.15) is 5.10 Å². The second kappa shape index (κ2) is 6.94. The van der Waals surface area contributed by atoms with Gasteiger partial charge in [0.2, 0.25) is 0 Å². The van der Waals surface area contributed by atoms with Crippen LogP contribution in [-0.2, 0) is 0 Å². The molecule has 0 saturated heterocycles. The van der Waals surface area contributed by atoms with Gasteiger partial charge >= 0.3 is 0 Å². The van der Waals surface area contributed by atoms with E-state index in [4.69, 9.17) is 16.7 Å². The molecule has 1 aromatic heterocycles. The summed E-state index contributed by atoms with van der Waals surface area (Å²) in [5, 5.41) is 16.8. The highest BCUT2D eigenvalue weighted by atomic mass is 35.5. The topological polar surface area (TPSA) is 67.2 Å². The largest absolute Gasteiger partial charge is 0.396 e. The Balaban J connectivity index is 2.13. The lowest BCUT2D eigenvalue weighted by Crippen LogP contribution is -2.29. The second-order valence-electron chi connectivity index (χ2n) is 5.44. The molecule has 1 amide bonds. The number of aliphatic hydroxyl groups excluding tert-OH is 1. The maximum atomic E-state index is 12.0. The molecule has 1 heterocycles. The molecule has 6 heteroatoms. The van der Waals surface area contributed by atoms with Crippen LogP contribution in [0, 0.1) is 19.8 Å². The van der Waals surface area contributed by atoms with Crippen LogP contribution in [0.25, 0.3) is 5.69 Å². The summed E-state index contributed by atoms with van der Waals surface area (Å²) < 4.78 is 1.76. The Morgan fingerprint density at radius 1 is 1.36 bits per heavy atom. The molecule has 0 saturated carbocycles. The number of carbonyl (C=O) groups is 1. The first-order chi connectivity index (χ1) is 10.4. The summed E-state index contributed by atoms with van der Waals surface area (Å²) in [5.41, 5.74) is 3.07. The van der Waals surface area contributed by atoms with Crippen LogP contribution in [-0.4, -0.2) is 33.9 Å². The maximum Gasteiger partial charge on any atom is 0.251 e. The monoisotopic (exact) mass is 321 g/mol. The molecule has 0 bridgehead atoms. The molecule has 22 heavy (non-hydrogen) atoms. The first-order valence-electron chi connectivity index (χ1n) is 7.15. The number of benzene rings is 1. The van der Waals surface area contributed by atoms with Crippen molar-refractivity contribution >= 4 is 17.5 Å². The van der Waals surface area contributed by atoms with E-state index in [9.17, 15) is 4.79 Å². The lowest BCUT2D eigenvalue weighted by Gasteiger charge is -2.10. The summed E-state index contributed by atoms with van der Waals surface area (Å²) >= 11 is 6.15. The number of aryl methyl sites for hydroxylation is 1. The van der Waals surface area contributed by atoms with Gasteiger partial charge in [-0.05, 0) is 44.0 Å². The number of carbonyl (C=O) groups excluding carboxylic acids is 1. The Morgan fingerprint density at radius 3 is 2.50 bits per heavy atom. The van der Waals surface area contributed by atoms with Gasteiger partial charge in [0.1, 0.15) is 0 Å². The SMILES string of the molecule is Cc1nn(-c2ccc(C(=O)NCC(C)CO)cc2)c(C)c1Cl. The van der Waals surface area contributed by atoms with Crippen LogP contribution in [0.1, 0.15) is 28.7 Å². The highest BCUT2D eigenvalue weighted by Crippen LogP contribution is 2.22. The summed E-state index contributed by atoms with van der Waals surface area (Å²) in [6.07, 6.45) is 0. The van der Waals surface area contributed by atoms with Crippen molar-refractivity contribution in [1.82, 2.24) is 15.1 Å². The van der Waals surface area contributed by atoms with E-state index < -0.39 is 0 Å². The Kier molecular flexibility index (Phi) is 5.21. The third kappa shape index (κ3) is 3.48. The van der Waals surface area contributed by atoms with Crippen molar-refractivity contribution in [2.45, 2.75) is 20.8 Å². The Hall–Kier alpha value is -1.85. The maximum absolute atomic E-state index is 12.0. The highest BCUT2D eigenvalue weighted by Gasteiger charge is 2.12. The molecule has 1 unspecified atom stereocenters. The minimum Gasteiger partial charge on any atom is -0.396 e. The van der Waals surface area contributed by atoms with Crippen molar-refractivity contribution in [1.29, 1.82) is 0 Å². The highest BCUT2D eigenvalue weighted by molar-refractivity contribution is 6.31. The number of amides is 1. The number of hydrogen-bond acceptors (Lipinski definition) is 3. The van der Waals surface area contributed by atoms with Gasteiger partial charge in [0.05, 0.1) is 22.1 Å². The number of aromatic nitrogens is 2. The summed E-state index contributed by atoms with van der Waals surface area (Å²) in [7, 11) is 0. The first-order valence-corrected chi connectivity index (χ1v) is 7.53. The van der Waals surface area contributed by atoms with E-state index in [-0.39, 0.29) is 18.4 Å². The zero-order chi connectivity index (χ0) is 16.3. The molecule has 2 rings (SSSR count). The van der Waals surface area contributed by atoms with Crippen molar-refractivity contribution in [2.75, 3.05) is 13.2 Å². The first kappa shape index (κ1) is 16.5. The van der Waals surface area contributed by atoms with Gasteiger partial charge in [-0.3, -0.25) is 4.79 Å². The van der Waals surface area contributed by atoms with Crippen LogP contribution in [0.2, 0.25) is 5.02 Å². The predicted octanol–water partition coefficient (Wildman–Crippen LogP) is 2.50. The molecule has 5 nitrogen and oxygen atoms in total. The van der Waals surface area contributed by atoms with E-state index in [0.29, 0.717) is 17.1 Å². The molecule has 2 N–H and O–H groups in total. The third-order valence-corrected chi connectivity index (χ3v) is 4.05. The fourth-order valence-electron chi connectivity index (χ4n) is 2.06. The van der Waals surface area contributed by atoms with Crippen molar-refractivity contribution in [3.8, 4) is 5.69 Å². The molecule has 2 aromatic rings. The van der Waals surface area contributed by atoms with E-state index in [0.717, 1.165) is 17.1 Å². The van der Waals surface area contributed by atoms with Gasteiger partial charge in [0.25, 0.3) is 5.91 Å². The second-order valence-corrected chi connectivity index (χ2v) is 5.82. The van der Waals surface area contributed by atoms with Crippen LogP contribution < -0.4 is 5.32 Å². The lowest BCUT2D eigenvalue weighted by molar-refractivity contribution is 0.0942. The molecule has 1 aromatic carbocycles. The van der Waals surface area contributed by atoms with Crippen molar-refractivity contribution in [2.24, 2.45) is 5.92 Å². The van der Waals surface area contributed by atoms with Gasteiger partial charge < -0.3 is 10.4 Å². The smallest absolute Gasteiger partial charge is 0.251 e. The summed E-state index contributed by atoms with van der Waals surface area (Å²) in [6.45, 7) is 6.13. The van der Waals surface area contributed by atoms with Crippen LogP contribution in [0.3, 0.4) is 0 Å². The number of hydrogen-bond donors (Lipinski definition) is 2. The summed E-state index contributed by atoms with van der Waals surface area (Å²) in [4.78, 5) is 12.0. The predicted molar refractivity (Wildman–Crippen MR) is 86.6 cm³/mol. The van der Waals surface area contributed by atoms with E-state index in [1.165, 1.54) is 0 Å². The van der Waals surface area contributed by atoms with E-state index in [1.807, 2.05) is 32.9 Å². The number of aliphatic hydroxyl groups is 1. The lowest BCUT2D eigenvalue weighted by atomic mass is 10.1. The van der Waals surface area contributed by atoms with Gasteiger partial charge in [-0.25, -0.2) is 4.68 Å². The minimum atomic E-state index is -0.154. The average Bonchev–Trinajstić information content (AvgIpc) is 2.80. The zero-order valence-electron chi connectivity index (χ0n) is 12.9. The average molecular weight is 322 g/mol. The van der Waals surface area contributed by atoms with Crippen LogP contribution in [0.4, 0.5) is 0 Å². The zero-order valence-corrected chi connectivity index (χ0v) is 13.7. The Morgan fingerprint density at radius 2 is 2.00 bits per heavy atom. The van der Waals surface area contributed by atoms with Gasteiger partial charge in [0.15, 0.2) is 0 Å². The molecular formula is C16H20ClN3O2. The van der Waals surface area contributed by atoms with E-state index >= 15 is 0 Å². The fourth-order valence-corrected chi connectivity index (χ4v) is 2.18. The number of nitrogens with zero attached hydrogens (tertiary/aromatic N) is 2. The quantitative estimate of drug-likeness (QED) is 0.889. The molecule has 1 atom stereocenters. The van der Waals surface area contributed by atoms with Crippen molar-refractivity contribution in [3.05, 3.63) is 46.2 Å². The normalized spacial score (nSPS) is 12.2. The van der Waals surface area contributed by atoms with E-state index in [2.05, 4.69) is 10.4 Å². The third-order valence-electron chi connectivity index (χ3n) is 3.50. The van der Waals surface area contributed by atoms with E-state index in [1.54, 1.807) is 16.8 Å². The number of rotatable bonds is 5.